The number of fused-ring (bicyclic) bond motifs is 1. The number of hydrogen-bond donors (Lipinski definition) is 2. The molecule has 16 heavy (non-hydrogen) atoms. The highest BCUT2D eigenvalue weighted by Crippen LogP contribution is 2.24. The molecule has 0 unspecified atom stereocenters. The summed E-state index contributed by atoms with van der Waals surface area (Å²) in [6, 6.07) is 4.26. The van der Waals surface area contributed by atoms with Crippen molar-refractivity contribution in [3.63, 3.8) is 0 Å². The number of hydrogen-bond acceptors (Lipinski definition) is 3. The first-order valence-corrected chi connectivity index (χ1v) is 6.64. The summed E-state index contributed by atoms with van der Waals surface area (Å²) in [4.78, 5) is 2.10. The molecule has 3 N–H and O–H groups in total. The zero-order valence-corrected chi connectivity index (χ0v) is 11.6. The molecule has 1 aliphatic rings. The Morgan fingerprint density at radius 2 is 1.88 bits per heavy atom. The highest BCUT2D eigenvalue weighted by Gasteiger charge is 2.20. The summed E-state index contributed by atoms with van der Waals surface area (Å²) in [6.07, 6.45) is 1.97. The van der Waals surface area contributed by atoms with E-state index in [2.05, 4.69) is 39.5 Å². The van der Waals surface area contributed by atoms with Crippen molar-refractivity contribution in [2.24, 2.45) is 0 Å². The SMILES string of the molecule is CB(O)N1CCc2cc(N)c(I)cc2CC1. The Labute approximate surface area is 110 Å². The van der Waals surface area contributed by atoms with Crippen LogP contribution in [-0.4, -0.2) is 30.0 Å². The minimum Gasteiger partial charge on any atom is -0.437 e. The molecule has 0 aliphatic carbocycles. The summed E-state index contributed by atoms with van der Waals surface area (Å²) in [5.74, 6) is 0. The van der Waals surface area contributed by atoms with Gasteiger partial charge < -0.3 is 15.6 Å². The van der Waals surface area contributed by atoms with Crippen LogP contribution in [0, 0.1) is 3.57 Å². The second kappa shape index (κ2) is 4.93. The lowest BCUT2D eigenvalue weighted by Gasteiger charge is -2.19. The number of anilines is 1. The molecule has 5 heteroatoms. The average molecular weight is 330 g/mol. The summed E-state index contributed by atoms with van der Waals surface area (Å²) < 4.78 is 1.13. The van der Waals surface area contributed by atoms with Gasteiger partial charge in [-0.25, -0.2) is 0 Å². The molecule has 0 radical (unpaired) electrons. The van der Waals surface area contributed by atoms with E-state index in [-0.39, 0.29) is 7.05 Å². The second-order valence-electron chi connectivity index (χ2n) is 4.31. The predicted octanol–water partition coefficient (Wildman–Crippen LogP) is 1.38. The lowest BCUT2D eigenvalue weighted by Crippen LogP contribution is -2.38. The smallest absolute Gasteiger partial charge is 0.376 e. The molecule has 1 aliphatic heterocycles. The van der Waals surface area contributed by atoms with Gasteiger partial charge in [0, 0.05) is 9.26 Å². The van der Waals surface area contributed by atoms with Crippen LogP contribution in [0.3, 0.4) is 0 Å². The van der Waals surface area contributed by atoms with Gasteiger partial charge in [-0.3, -0.25) is 0 Å². The summed E-state index contributed by atoms with van der Waals surface area (Å²) >= 11 is 2.27. The highest BCUT2D eigenvalue weighted by molar-refractivity contribution is 14.1. The summed E-state index contributed by atoms with van der Waals surface area (Å²) in [6.45, 7) is 3.66. The molecule has 0 bridgehead atoms. The van der Waals surface area contributed by atoms with Gasteiger partial charge in [0.05, 0.1) is 0 Å². The predicted molar refractivity (Wildman–Crippen MR) is 76.4 cm³/mol. The van der Waals surface area contributed by atoms with Crippen LogP contribution in [0.15, 0.2) is 12.1 Å². The van der Waals surface area contributed by atoms with Gasteiger partial charge in [-0.2, -0.15) is 0 Å². The van der Waals surface area contributed by atoms with Gasteiger partial charge in [0.2, 0.25) is 0 Å². The van der Waals surface area contributed by atoms with E-state index in [1.54, 1.807) is 0 Å². The van der Waals surface area contributed by atoms with Crippen LogP contribution in [0.2, 0.25) is 6.82 Å². The van der Waals surface area contributed by atoms with E-state index in [4.69, 9.17) is 5.73 Å². The Hall–Kier alpha value is -0.265. The number of nitrogen functional groups attached to an aromatic ring is 1. The maximum Gasteiger partial charge on any atom is 0.376 e. The number of nitrogens with two attached hydrogens (primary N) is 1. The molecule has 86 valence electrons. The fraction of sp³-hybridized carbons (Fsp3) is 0.455. The zero-order valence-electron chi connectivity index (χ0n) is 9.41. The van der Waals surface area contributed by atoms with Crippen LogP contribution < -0.4 is 5.73 Å². The molecule has 0 spiro atoms. The fourth-order valence-corrected chi connectivity index (χ4v) is 2.69. The topological polar surface area (TPSA) is 49.5 Å². The molecule has 0 saturated heterocycles. The van der Waals surface area contributed by atoms with Crippen molar-refractivity contribution < 1.29 is 5.02 Å². The standard InChI is InChI=1S/C11H16BIN2O/c1-12(16)15-4-2-8-6-10(13)11(14)7-9(8)3-5-15/h6-7,16H,2-5,14H2,1H3. The Kier molecular flexibility index (Phi) is 3.76. The van der Waals surface area contributed by atoms with Crippen molar-refractivity contribution in [2.75, 3.05) is 18.8 Å². The van der Waals surface area contributed by atoms with Crippen LogP contribution in [0.1, 0.15) is 11.1 Å². The van der Waals surface area contributed by atoms with Crippen LogP contribution in [0.4, 0.5) is 5.69 Å². The van der Waals surface area contributed by atoms with E-state index in [9.17, 15) is 5.02 Å². The summed E-state index contributed by atoms with van der Waals surface area (Å²) in [7, 11) is -0.356. The molecule has 2 rings (SSSR count). The lowest BCUT2D eigenvalue weighted by molar-refractivity contribution is 0.379. The van der Waals surface area contributed by atoms with Gasteiger partial charge >= 0.3 is 7.05 Å². The quantitative estimate of drug-likeness (QED) is 0.465. The third kappa shape index (κ3) is 2.52. The van der Waals surface area contributed by atoms with Gasteiger partial charge in [0.1, 0.15) is 0 Å². The molecule has 0 fully saturated rings. The molecule has 3 nitrogen and oxygen atoms in total. The van der Waals surface area contributed by atoms with Crippen LogP contribution >= 0.6 is 22.6 Å². The number of benzene rings is 1. The Morgan fingerprint density at radius 3 is 2.44 bits per heavy atom. The molecule has 0 saturated carbocycles. The van der Waals surface area contributed by atoms with Gasteiger partial charge in [-0.15, -0.1) is 0 Å². The number of rotatable bonds is 1. The zero-order chi connectivity index (χ0) is 11.7. The van der Waals surface area contributed by atoms with Crippen molar-refractivity contribution in [1.29, 1.82) is 0 Å². The molecule has 1 aromatic rings. The van der Waals surface area contributed by atoms with Crippen molar-refractivity contribution in [3.05, 3.63) is 26.8 Å². The second-order valence-corrected chi connectivity index (χ2v) is 5.47. The van der Waals surface area contributed by atoms with E-state index in [1.807, 2.05) is 6.82 Å². The molecular formula is C11H16BIN2O. The van der Waals surface area contributed by atoms with E-state index in [0.717, 1.165) is 35.2 Å². The maximum absolute atomic E-state index is 9.59. The van der Waals surface area contributed by atoms with Crippen molar-refractivity contribution in [3.8, 4) is 0 Å². The minimum atomic E-state index is -0.356. The normalized spacial score (nSPS) is 16.7. The first-order chi connectivity index (χ1) is 7.58. The first-order valence-electron chi connectivity index (χ1n) is 5.57. The summed E-state index contributed by atoms with van der Waals surface area (Å²) in [5.41, 5.74) is 9.50. The maximum atomic E-state index is 9.59. The van der Waals surface area contributed by atoms with E-state index in [0.29, 0.717) is 0 Å². The molecular weight excluding hydrogens is 314 g/mol. The molecule has 0 amide bonds. The minimum absolute atomic E-state index is 0.356. The number of nitrogens with zero attached hydrogens (tertiary/aromatic N) is 1. The monoisotopic (exact) mass is 330 g/mol. The van der Waals surface area contributed by atoms with Crippen molar-refractivity contribution >= 4 is 35.3 Å². The highest BCUT2D eigenvalue weighted by atomic mass is 127. The van der Waals surface area contributed by atoms with Gasteiger partial charge in [-0.1, -0.05) is 0 Å². The largest absolute Gasteiger partial charge is 0.437 e. The van der Waals surface area contributed by atoms with Gasteiger partial charge in [0.25, 0.3) is 0 Å². The Bertz CT molecular complexity index is 365. The van der Waals surface area contributed by atoms with E-state index >= 15 is 0 Å². The van der Waals surface area contributed by atoms with Crippen molar-refractivity contribution in [1.82, 2.24) is 4.81 Å². The number of halogens is 1. The van der Waals surface area contributed by atoms with Crippen LogP contribution in [-0.2, 0) is 12.8 Å². The summed E-state index contributed by atoms with van der Waals surface area (Å²) in [5, 5.41) is 9.59. The van der Waals surface area contributed by atoms with Crippen LogP contribution in [0.25, 0.3) is 0 Å². The molecule has 0 atom stereocenters. The van der Waals surface area contributed by atoms with E-state index in [1.165, 1.54) is 11.1 Å². The molecule has 1 aromatic carbocycles. The third-order valence-corrected chi connectivity index (χ3v) is 4.12. The van der Waals surface area contributed by atoms with E-state index < -0.39 is 0 Å². The van der Waals surface area contributed by atoms with Crippen LogP contribution in [0.5, 0.6) is 0 Å². The lowest BCUT2D eigenvalue weighted by atomic mass is 9.85. The average Bonchev–Trinajstić information content (AvgIpc) is 2.41. The van der Waals surface area contributed by atoms with Gasteiger partial charge in [0.15, 0.2) is 0 Å². The Balaban J connectivity index is 2.24. The fourth-order valence-electron chi connectivity index (χ4n) is 2.16. The van der Waals surface area contributed by atoms with Gasteiger partial charge in [-0.05, 0) is 78.6 Å². The third-order valence-electron chi connectivity index (χ3n) is 3.18. The van der Waals surface area contributed by atoms with Crippen molar-refractivity contribution in [2.45, 2.75) is 19.7 Å². The molecule has 0 aromatic heterocycles. The first kappa shape index (κ1) is 12.2. The Morgan fingerprint density at radius 1 is 1.31 bits per heavy atom. The molecule has 1 heterocycles.